The van der Waals surface area contributed by atoms with Gasteiger partial charge in [0, 0.05) is 18.0 Å². The lowest BCUT2D eigenvalue weighted by Gasteiger charge is -2.50. The maximum Gasteiger partial charge on any atom is 0.260 e. The van der Waals surface area contributed by atoms with E-state index in [9.17, 15) is 28.7 Å². The summed E-state index contributed by atoms with van der Waals surface area (Å²) >= 11 is 6.29. The lowest BCUT2D eigenvalue weighted by atomic mass is 9.49. The number of phenolic OH excluding ortho intramolecular Hbond substituents is 1. The minimum absolute atomic E-state index is 0.132. The van der Waals surface area contributed by atoms with Crippen LogP contribution in [-0.4, -0.2) is 52.8 Å². The maximum atomic E-state index is 15.0. The van der Waals surface area contributed by atoms with E-state index in [0.29, 0.717) is 28.3 Å². The van der Waals surface area contributed by atoms with Crippen molar-refractivity contribution in [2.45, 2.75) is 24.2 Å². The molecule has 2 aliphatic carbocycles. The molecule has 3 aromatic rings. The summed E-state index contributed by atoms with van der Waals surface area (Å²) in [6.45, 7) is 0. The number of nitrogens with zero attached hydrogens (tertiary/aromatic N) is 2. The number of methoxy groups -OCH3 is 1. The van der Waals surface area contributed by atoms with Crippen molar-refractivity contribution in [2.75, 3.05) is 19.6 Å². The van der Waals surface area contributed by atoms with Gasteiger partial charge in [-0.2, -0.15) is 5.01 Å². The number of allylic oxidation sites excluding steroid dienone is 2. The molecule has 2 heterocycles. The molecule has 2 N–H and O–H groups in total. The quantitative estimate of drug-likeness (QED) is 0.307. The van der Waals surface area contributed by atoms with E-state index in [0.717, 1.165) is 15.5 Å². The molecule has 230 valence electrons. The van der Waals surface area contributed by atoms with Crippen LogP contribution in [0.25, 0.3) is 0 Å². The number of likely N-dealkylation sites (tertiary alicyclic amines) is 1. The van der Waals surface area contributed by atoms with Gasteiger partial charge in [-0.1, -0.05) is 41.4 Å². The number of hydrazine groups is 1. The van der Waals surface area contributed by atoms with E-state index in [1.54, 1.807) is 36.4 Å². The highest BCUT2D eigenvalue weighted by Crippen LogP contribution is 2.64. The first-order valence-electron chi connectivity index (χ1n) is 14.6. The fraction of sp³-hybridized carbons (Fsp3) is 0.294. The molecule has 0 aromatic heterocycles. The highest BCUT2D eigenvalue weighted by molar-refractivity contribution is 6.30. The Morgan fingerprint density at radius 2 is 1.67 bits per heavy atom. The smallest absolute Gasteiger partial charge is 0.260 e. The lowest BCUT2D eigenvalue weighted by Crippen LogP contribution is -2.53. The fourth-order valence-electron chi connectivity index (χ4n) is 8.07. The predicted octanol–water partition coefficient (Wildman–Crippen LogP) is 4.81. The average molecular weight is 630 g/mol. The van der Waals surface area contributed by atoms with Crippen molar-refractivity contribution in [3.05, 3.63) is 100 Å². The summed E-state index contributed by atoms with van der Waals surface area (Å²) in [7, 11) is 2.90. The molecule has 6 atom stereocenters. The van der Waals surface area contributed by atoms with Crippen molar-refractivity contribution in [3.63, 3.8) is 0 Å². The number of fused-ring (bicyclic) bond motifs is 4. The minimum Gasteiger partial charge on any atom is -0.504 e. The van der Waals surface area contributed by atoms with Gasteiger partial charge in [0.05, 0.1) is 36.0 Å². The maximum absolute atomic E-state index is 15.0. The topological polar surface area (TPSA) is 116 Å². The Kier molecular flexibility index (Phi) is 6.74. The number of benzene rings is 3. The molecule has 0 bridgehead atoms. The van der Waals surface area contributed by atoms with Gasteiger partial charge < -0.3 is 9.84 Å². The van der Waals surface area contributed by atoms with Gasteiger partial charge in [0.15, 0.2) is 11.5 Å². The molecule has 1 saturated carbocycles. The standard InChI is InChI=1S/C34H29ClFN3O6/c1-38-30(41)23-13-12-22-24(28(23)32(38)43)16-25-31(42)39(37-21-10-8-20(36)9-11-21)33(44)34(25,18-4-6-19(35)7-5-18)29(22)17-3-14-27(45-2)26(40)15-17/h3-12,14-15,23-25,28-29,37,40H,13,16H2,1-2H3/t23-,24+,25-,28-,29-,34+/m0/s1. The van der Waals surface area contributed by atoms with Crippen LogP contribution >= 0.6 is 11.6 Å². The molecular formula is C34H29ClFN3O6. The average Bonchev–Trinajstić information content (AvgIpc) is 3.38. The predicted molar refractivity (Wildman–Crippen MR) is 161 cm³/mol. The molecule has 2 saturated heterocycles. The number of imide groups is 2. The van der Waals surface area contributed by atoms with Crippen LogP contribution in [0.4, 0.5) is 10.1 Å². The molecule has 4 amide bonds. The number of anilines is 1. The number of carbonyl (C=O) groups is 4. The zero-order chi connectivity index (χ0) is 31.8. The molecule has 3 fully saturated rings. The van der Waals surface area contributed by atoms with Gasteiger partial charge in [0.2, 0.25) is 11.8 Å². The third-order valence-electron chi connectivity index (χ3n) is 10.0. The number of ether oxygens (including phenoxy) is 1. The van der Waals surface area contributed by atoms with Crippen LogP contribution in [0, 0.1) is 29.5 Å². The molecule has 0 unspecified atom stereocenters. The highest BCUT2D eigenvalue weighted by Gasteiger charge is 2.70. The first kappa shape index (κ1) is 29.0. The van der Waals surface area contributed by atoms with Crippen molar-refractivity contribution in [1.82, 2.24) is 9.91 Å². The van der Waals surface area contributed by atoms with Crippen LogP contribution in [0.15, 0.2) is 78.4 Å². The Labute approximate surface area is 263 Å². The summed E-state index contributed by atoms with van der Waals surface area (Å²) < 4.78 is 19.0. The minimum atomic E-state index is -1.53. The van der Waals surface area contributed by atoms with E-state index in [4.69, 9.17) is 16.3 Å². The van der Waals surface area contributed by atoms with Gasteiger partial charge in [-0.3, -0.25) is 29.5 Å². The van der Waals surface area contributed by atoms with Gasteiger partial charge in [0.25, 0.3) is 11.8 Å². The summed E-state index contributed by atoms with van der Waals surface area (Å²) in [4.78, 5) is 57.2. The molecule has 0 spiro atoms. The summed E-state index contributed by atoms with van der Waals surface area (Å²) in [6, 6.07) is 16.9. The van der Waals surface area contributed by atoms with Gasteiger partial charge in [-0.25, -0.2) is 4.39 Å². The number of amides is 4. The van der Waals surface area contributed by atoms with Crippen LogP contribution in [0.5, 0.6) is 11.5 Å². The number of phenols is 1. The van der Waals surface area contributed by atoms with Crippen molar-refractivity contribution in [3.8, 4) is 11.5 Å². The second kappa shape index (κ2) is 10.4. The first-order chi connectivity index (χ1) is 21.6. The van der Waals surface area contributed by atoms with Crippen LogP contribution in [-0.2, 0) is 24.6 Å². The van der Waals surface area contributed by atoms with E-state index >= 15 is 0 Å². The Morgan fingerprint density at radius 3 is 2.33 bits per heavy atom. The number of carbonyl (C=O) groups excluding carboxylic acids is 4. The second-order valence-electron chi connectivity index (χ2n) is 12.0. The Balaban J connectivity index is 1.47. The number of rotatable bonds is 5. The third kappa shape index (κ3) is 4.11. The second-order valence-corrected chi connectivity index (χ2v) is 12.5. The number of halogens is 2. The Morgan fingerprint density at radius 1 is 0.956 bits per heavy atom. The largest absolute Gasteiger partial charge is 0.504 e. The van der Waals surface area contributed by atoms with Crippen molar-refractivity contribution >= 4 is 40.9 Å². The molecule has 4 aliphatic rings. The van der Waals surface area contributed by atoms with Crippen LogP contribution in [0.2, 0.25) is 5.02 Å². The normalized spacial score (nSPS) is 28.9. The molecule has 45 heavy (non-hydrogen) atoms. The molecule has 2 aliphatic heterocycles. The van der Waals surface area contributed by atoms with Crippen molar-refractivity contribution < 1.29 is 33.4 Å². The first-order valence-corrected chi connectivity index (χ1v) is 15.0. The lowest BCUT2D eigenvalue weighted by molar-refractivity contribution is -0.140. The summed E-state index contributed by atoms with van der Waals surface area (Å²) in [5.41, 5.74) is 3.54. The molecule has 0 radical (unpaired) electrons. The highest BCUT2D eigenvalue weighted by atomic mass is 35.5. The van der Waals surface area contributed by atoms with Gasteiger partial charge in [0.1, 0.15) is 5.82 Å². The van der Waals surface area contributed by atoms with E-state index in [2.05, 4.69) is 5.43 Å². The van der Waals surface area contributed by atoms with Crippen LogP contribution < -0.4 is 10.2 Å². The van der Waals surface area contributed by atoms with E-state index in [1.807, 2.05) is 6.08 Å². The molecule has 11 heteroatoms. The number of hydrogen-bond donors (Lipinski definition) is 2. The fourth-order valence-corrected chi connectivity index (χ4v) is 8.20. The molecular weight excluding hydrogens is 601 g/mol. The zero-order valence-electron chi connectivity index (χ0n) is 24.4. The van der Waals surface area contributed by atoms with Crippen LogP contribution in [0.3, 0.4) is 0 Å². The monoisotopic (exact) mass is 629 g/mol. The van der Waals surface area contributed by atoms with Gasteiger partial charge in [-0.05, 0) is 78.4 Å². The molecule has 3 aromatic carbocycles. The van der Waals surface area contributed by atoms with Crippen molar-refractivity contribution in [1.29, 1.82) is 0 Å². The number of aromatic hydroxyl groups is 1. The van der Waals surface area contributed by atoms with Crippen molar-refractivity contribution in [2.24, 2.45) is 23.7 Å². The molecule has 7 rings (SSSR count). The SMILES string of the molecule is COc1ccc([C@H]2C3=CC[C@@H]4C(=O)N(C)C(=O)[C@@H]4[C@@H]3C[C@H]3C(=O)N(Nc4ccc(F)cc4)C(=O)[C@@]23c2ccc(Cl)cc2)cc1O. The summed E-state index contributed by atoms with van der Waals surface area (Å²) in [5.74, 6) is -5.60. The summed E-state index contributed by atoms with van der Waals surface area (Å²) in [5, 5.41) is 12.3. The van der Waals surface area contributed by atoms with E-state index in [1.165, 1.54) is 44.5 Å². The number of nitrogens with one attached hydrogen (secondary N) is 1. The van der Waals surface area contributed by atoms with E-state index < -0.39 is 52.6 Å². The number of hydrogen-bond acceptors (Lipinski definition) is 7. The zero-order valence-corrected chi connectivity index (χ0v) is 25.1. The molecule has 9 nitrogen and oxygen atoms in total. The van der Waals surface area contributed by atoms with Gasteiger partial charge in [-0.15, -0.1) is 0 Å². The Hall–Kier alpha value is -4.70. The third-order valence-corrected chi connectivity index (χ3v) is 10.3. The van der Waals surface area contributed by atoms with Gasteiger partial charge >= 0.3 is 0 Å². The summed E-state index contributed by atoms with van der Waals surface area (Å²) in [6.07, 6.45) is 2.36. The van der Waals surface area contributed by atoms with E-state index in [-0.39, 0.29) is 29.7 Å². The van der Waals surface area contributed by atoms with Crippen LogP contribution in [0.1, 0.15) is 29.9 Å². The Bertz CT molecular complexity index is 1790.